The number of hydrogen-bond donors (Lipinski definition) is 12. The van der Waals surface area contributed by atoms with E-state index in [9.17, 15) is 61.0 Å². The summed E-state index contributed by atoms with van der Waals surface area (Å²) < 4.78 is 34.3. The van der Waals surface area contributed by atoms with Gasteiger partial charge in [-0.05, 0) is 32.1 Å². The van der Waals surface area contributed by atoms with E-state index in [2.05, 4.69) is 31.3 Å². The number of ether oxygens (including phenoxy) is 6. The van der Waals surface area contributed by atoms with Crippen molar-refractivity contribution in [1.29, 1.82) is 0 Å². The van der Waals surface area contributed by atoms with Crippen LogP contribution in [-0.4, -0.2) is 193 Å². The third kappa shape index (κ3) is 32.0. The number of nitrogens with one attached hydrogen (secondary N) is 1. The van der Waals surface area contributed by atoms with Crippen molar-refractivity contribution in [2.45, 2.75) is 369 Å². The summed E-state index contributed by atoms with van der Waals surface area (Å²) in [6.45, 7) is 1.70. The Kier molecular flexibility index (Phi) is 45.6. The number of aliphatic hydroxyl groups excluding tert-OH is 11. The molecule has 19 heteroatoms. The maximum atomic E-state index is 13.4. The van der Waals surface area contributed by atoms with Crippen LogP contribution in [0.4, 0.5) is 0 Å². The molecule has 0 aliphatic carbocycles. The molecule has 0 aromatic carbocycles. The number of allylic oxidation sites excluding steroid dienone is 3. The van der Waals surface area contributed by atoms with Crippen LogP contribution in [0.1, 0.15) is 264 Å². The topological polar surface area (TPSA) is 307 Å². The van der Waals surface area contributed by atoms with Gasteiger partial charge >= 0.3 is 0 Å². The fourth-order valence-corrected chi connectivity index (χ4v) is 11.9. The number of carbonyl (C=O) groups excluding carboxylic acids is 1. The smallest absolute Gasteiger partial charge is 0.220 e. The first-order chi connectivity index (χ1) is 41.8. The van der Waals surface area contributed by atoms with Crippen molar-refractivity contribution in [3.05, 3.63) is 24.3 Å². The van der Waals surface area contributed by atoms with E-state index in [4.69, 9.17) is 28.4 Å². The molecule has 19 nitrogen and oxygen atoms in total. The van der Waals surface area contributed by atoms with Gasteiger partial charge in [-0.3, -0.25) is 4.79 Å². The van der Waals surface area contributed by atoms with Gasteiger partial charge in [0, 0.05) is 6.42 Å². The summed E-state index contributed by atoms with van der Waals surface area (Å²) in [4.78, 5) is 13.4. The van der Waals surface area contributed by atoms with Crippen molar-refractivity contribution in [2.24, 2.45) is 0 Å². The van der Waals surface area contributed by atoms with Gasteiger partial charge in [0.15, 0.2) is 18.9 Å². The number of amides is 1. The molecule has 0 aromatic heterocycles. The summed E-state index contributed by atoms with van der Waals surface area (Å²) in [6.07, 6.45) is 29.1. The summed E-state index contributed by atoms with van der Waals surface area (Å²) in [5, 5.41) is 120. The Balaban J connectivity index is 1.36. The zero-order chi connectivity index (χ0) is 62.6. The minimum absolute atomic E-state index is 0.240. The molecule has 86 heavy (non-hydrogen) atoms. The summed E-state index contributed by atoms with van der Waals surface area (Å²) in [7, 11) is 0. The minimum atomic E-state index is -1.98. The first kappa shape index (κ1) is 78.5. The van der Waals surface area contributed by atoms with E-state index in [0.29, 0.717) is 12.8 Å². The van der Waals surface area contributed by atoms with Crippen molar-refractivity contribution in [3.63, 3.8) is 0 Å². The summed E-state index contributed by atoms with van der Waals surface area (Å²) in [6, 6.07) is -0.985. The fraction of sp³-hybridized carbons (Fsp3) is 0.925. The van der Waals surface area contributed by atoms with E-state index < -0.39 is 124 Å². The summed E-state index contributed by atoms with van der Waals surface area (Å²) in [5.41, 5.74) is 0. The molecule has 3 fully saturated rings. The molecule has 0 spiro atoms. The molecule has 1 amide bonds. The van der Waals surface area contributed by atoms with E-state index in [1.54, 1.807) is 6.08 Å². The van der Waals surface area contributed by atoms with Crippen LogP contribution in [-0.2, 0) is 33.2 Å². The van der Waals surface area contributed by atoms with Gasteiger partial charge in [0.25, 0.3) is 0 Å². The van der Waals surface area contributed by atoms with Crippen LogP contribution in [0.25, 0.3) is 0 Å². The monoisotopic (exact) mass is 1230 g/mol. The lowest BCUT2D eigenvalue weighted by molar-refractivity contribution is -0.379. The Bertz CT molecular complexity index is 1660. The molecular formula is C67H125NO18. The summed E-state index contributed by atoms with van der Waals surface area (Å²) >= 11 is 0. The van der Waals surface area contributed by atoms with Crippen molar-refractivity contribution < 1.29 is 89.4 Å². The molecule has 17 atom stereocenters. The molecule has 3 aliphatic rings. The molecule has 3 heterocycles. The zero-order valence-corrected chi connectivity index (χ0v) is 53.3. The number of aliphatic hydroxyl groups is 11. The van der Waals surface area contributed by atoms with E-state index in [1.165, 1.54) is 193 Å². The Labute approximate surface area is 518 Å². The third-order valence-electron chi connectivity index (χ3n) is 17.5. The molecule has 12 N–H and O–H groups in total. The summed E-state index contributed by atoms with van der Waals surface area (Å²) in [5.74, 6) is -0.282. The van der Waals surface area contributed by atoms with Crippen LogP contribution < -0.4 is 5.32 Å². The molecule has 3 saturated heterocycles. The lowest BCUT2D eigenvalue weighted by Crippen LogP contribution is -2.66. The standard InChI is InChI=1S/C67H125NO18/c1-3-5-7-9-11-13-15-16-17-18-19-20-21-22-23-24-25-26-27-28-29-30-31-32-33-35-37-39-41-43-45-55(73)68-50(51(72)44-42-40-38-36-34-14-12-10-8-6-4-2)49-81-65-61(79)58(76)63(53(47-70)83-65)86-67-62(80)59(77)64(54(48-71)84-67)85-66-60(78)57(75)56(74)52(46-69)82-66/h34,36,42,44,50-54,56-67,69-72,74-80H,3-33,35,37-41,43,45-49H2,1-2H3,(H,68,73)/b36-34+,44-42+. The van der Waals surface area contributed by atoms with Crippen LogP contribution in [0.3, 0.4) is 0 Å². The number of hydrogen-bond acceptors (Lipinski definition) is 18. The second kappa shape index (κ2) is 49.9. The number of unbranched alkanes of at least 4 members (excludes halogenated alkanes) is 35. The average Bonchev–Trinajstić information content (AvgIpc) is 1.46. The first-order valence-electron chi connectivity index (χ1n) is 34.6. The van der Waals surface area contributed by atoms with Gasteiger partial charge in [-0.1, -0.05) is 250 Å². The molecule has 0 saturated carbocycles. The van der Waals surface area contributed by atoms with Gasteiger partial charge in [0.1, 0.15) is 73.2 Å². The highest BCUT2D eigenvalue weighted by molar-refractivity contribution is 5.76. The normalized spacial score (nSPS) is 28.9. The number of carbonyl (C=O) groups is 1. The molecule has 506 valence electrons. The van der Waals surface area contributed by atoms with Crippen LogP contribution in [0.5, 0.6) is 0 Å². The molecular weight excluding hydrogens is 1110 g/mol. The molecule has 17 unspecified atom stereocenters. The lowest BCUT2D eigenvalue weighted by Gasteiger charge is -2.48. The van der Waals surface area contributed by atoms with Crippen molar-refractivity contribution in [1.82, 2.24) is 5.32 Å². The Morgan fingerprint density at radius 2 is 0.744 bits per heavy atom. The maximum Gasteiger partial charge on any atom is 0.220 e. The molecule has 0 radical (unpaired) electrons. The highest BCUT2D eigenvalue weighted by atomic mass is 16.8. The zero-order valence-electron chi connectivity index (χ0n) is 53.3. The van der Waals surface area contributed by atoms with E-state index in [1.807, 2.05) is 6.08 Å². The highest BCUT2D eigenvalue weighted by Crippen LogP contribution is 2.33. The quantitative estimate of drug-likeness (QED) is 0.0200. The fourth-order valence-electron chi connectivity index (χ4n) is 11.9. The van der Waals surface area contributed by atoms with E-state index in [0.717, 1.165) is 38.5 Å². The van der Waals surface area contributed by atoms with Gasteiger partial charge in [-0.15, -0.1) is 0 Å². The Morgan fingerprint density at radius 1 is 0.407 bits per heavy atom. The first-order valence-corrected chi connectivity index (χ1v) is 34.6. The average molecular weight is 1230 g/mol. The maximum absolute atomic E-state index is 13.4. The van der Waals surface area contributed by atoms with Crippen LogP contribution in [0.2, 0.25) is 0 Å². The number of rotatable bonds is 53. The molecule has 0 aromatic rings. The minimum Gasteiger partial charge on any atom is -0.394 e. The SMILES string of the molecule is CCCCCCC/C=C/CC/C=C/C(O)C(COC1OC(CO)C(OC2OC(CO)C(OC3OC(CO)C(O)C(O)C3O)C(O)C2O)C(O)C1O)NC(=O)CCCCCCCCCCCCCCCCCCCCCCCCCCCCCCCC. The van der Waals surface area contributed by atoms with Crippen molar-refractivity contribution in [3.8, 4) is 0 Å². The van der Waals surface area contributed by atoms with Gasteiger partial charge in [0.2, 0.25) is 5.91 Å². The van der Waals surface area contributed by atoms with Crippen molar-refractivity contribution >= 4 is 5.91 Å². The highest BCUT2D eigenvalue weighted by Gasteiger charge is 2.53. The molecule has 3 rings (SSSR count). The molecule has 3 aliphatic heterocycles. The van der Waals surface area contributed by atoms with Gasteiger partial charge in [0.05, 0.1) is 38.6 Å². The van der Waals surface area contributed by atoms with E-state index >= 15 is 0 Å². The Morgan fingerprint density at radius 3 is 1.16 bits per heavy atom. The lowest BCUT2D eigenvalue weighted by atomic mass is 9.96. The van der Waals surface area contributed by atoms with Crippen LogP contribution >= 0.6 is 0 Å². The van der Waals surface area contributed by atoms with Crippen molar-refractivity contribution in [2.75, 3.05) is 26.4 Å². The van der Waals surface area contributed by atoms with Gasteiger partial charge in [-0.2, -0.15) is 0 Å². The largest absolute Gasteiger partial charge is 0.394 e. The van der Waals surface area contributed by atoms with Crippen LogP contribution in [0, 0.1) is 0 Å². The third-order valence-corrected chi connectivity index (χ3v) is 17.5. The predicted molar refractivity (Wildman–Crippen MR) is 333 cm³/mol. The van der Waals surface area contributed by atoms with Gasteiger partial charge in [-0.25, -0.2) is 0 Å². The van der Waals surface area contributed by atoms with Gasteiger partial charge < -0.3 is 89.9 Å². The molecule has 0 bridgehead atoms. The Hall–Kier alpha value is -1.73. The predicted octanol–water partition coefficient (Wildman–Crippen LogP) is 8.66. The second-order valence-corrected chi connectivity index (χ2v) is 25.0. The van der Waals surface area contributed by atoms with Crippen LogP contribution in [0.15, 0.2) is 24.3 Å². The second-order valence-electron chi connectivity index (χ2n) is 25.0. The van der Waals surface area contributed by atoms with E-state index in [-0.39, 0.29) is 18.9 Å².